The number of carbonyl (C=O) groups is 1. The highest BCUT2D eigenvalue weighted by Gasteiger charge is 2.19. The van der Waals surface area contributed by atoms with Crippen molar-refractivity contribution in [2.45, 2.75) is 18.9 Å². The van der Waals surface area contributed by atoms with Crippen molar-refractivity contribution in [1.82, 2.24) is 5.43 Å². The molecule has 23 heavy (non-hydrogen) atoms. The fourth-order valence-electron chi connectivity index (χ4n) is 2.43. The first-order valence-electron chi connectivity index (χ1n) is 7.51. The normalized spacial score (nSPS) is 15.6. The summed E-state index contributed by atoms with van der Waals surface area (Å²) in [6.45, 7) is 2.29. The number of halogens is 1. The number of piperidine rings is 1. The molecule has 1 fully saturated rings. The van der Waals surface area contributed by atoms with Crippen LogP contribution in [0.1, 0.15) is 18.4 Å². The SMILES string of the molecule is C#CCOC1CCN(c2ccc(C=NNC(=O)CCl)cc2)CC1. The van der Waals surface area contributed by atoms with E-state index in [4.69, 9.17) is 22.8 Å². The lowest BCUT2D eigenvalue weighted by Crippen LogP contribution is -2.37. The molecule has 0 radical (unpaired) electrons. The van der Waals surface area contributed by atoms with Crippen molar-refractivity contribution in [3.8, 4) is 12.3 Å². The Morgan fingerprint density at radius 2 is 2.13 bits per heavy atom. The van der Waals surface area contributed by atoms with Gasteiger partial charge in [0, 0.05) is 18.8 Å². The molecule has 0 bridgehead atoms. The number of benzene rings is 1. The van der Waals surface area contributed by atoms with E-state index in [0.717, 1.165) is 31.5 Å². The van der Waals surface area contributed by atoms with Crippen molar-refractivity contribution in [3.63, 3.8) is 0 Å². The van der Waals surface area contributed by atoms with Gasteiger partial charge >= 0.3 is 0 Å². The minimum absolute atomic E-state index is 0.0999. The van der Waals surface area contributed by atoms with Crippen LogP contribution in [0.5, 0.6) is 0 Å². The maximum Gasteiger partial charge on any atom is 0.254 e. The highest BCUT2D eigenvalue weighted by atomic mass is 35.5. The molecule has 0 spiro atoms. The molecule has 1 aromatic carbocycles. The number of carbonyl (C=O) groups excluding carboxylic acids is 1. The fraction of sp³-hybridized carbons (Fsp3) is 0.412. The highest BCUT2D eigenvalue weighted by molar-refractivity contribution is 6.27. The largest absolute Gasteiger partial charge is 0.371 e. The summed E-state index contributed by atoms with van der Waals surface area (Å²) in [6.07, 6.45) is 9.03. The molecule has 1 heterocycles. The molecule has 2 rings (SSSR count). The van der Waals surface area contributed by atoms with Crippen LogP contribution in [0.15, 0.2) is 29.4 Å². The Hall–Kier alpha value is -2.03. The number of anilines is 1. The zero-order chi connectivity index (χ0) is 16.5. The molecular weight excluding hydrogens is 314 g/mol. The predicted molar refractivity (Wildman–Crippen MR) is 92.9 cm³/mol. The number of nitrogens with zero attached hydrogens (tertiary/aromatic N) is 2. The van der Waals surface area contributed by atoms with Gasteiger partial charge in [-0.15, -0.1) is 18.0 Å². The van der Waals surface area contributed by atoms with E-state index in [0.29, 0.717) is 6.61 Å². The van der Waals surface area contributed by atoms with Crippen LogP contribution in [0.2, 0.25) is 0 Å². The van der Waals surface area contributed by atoms with Crippen molar-refractivity contribution in [3.05, 3.63) is 29.8 Å². The van der Waals surface area contributed by atoms with E-state index in [1.165, 1.54) is 5.69 Å². The maximum absolute atomic E-state index is 11.0. The monoisotopic (exact) mass is 333 g/mol. The zero-order valence-corrected chi connectivity index (χ0v) is 13.6. The van der Waals surface area contributed by atoms with E-state index in [9.17, 15) is 4.79 Å². The molecule has 1 aliphatic rings. The lowest BCUT2D eigenvalue weighted by atomic mass is 10.1. The van der Waals surface area contributed by atoms with Crippen LogP contribution in [0.25, 0.3) is 0 Å². The Balaban J connectivity index is 1.83. The lowest BCUT2D eigenvalue weighted by molar-refractivity contribution is -0.118. The van der Waals surface area contributed by atoms with Crippen molar-refractivity contribution in [1.29, 1.82) is 0 Å². The van der Waals surface area contributed by atoms with Gasteiger partial charge in [-0.3, -0.25) is 4.79 Å². The zero-order valence-electron chi connectivity index (χ0n) is 12.9. The van der Waals surface area contributed by atoms with E-state index in [1.54, 1.807) is 6.21 Å². The number of hydrogen-bond acceptors (Lipinski definition) is 4. The quantitative estimate of drug-likeness (QED) is 0.375. The van der Waals surface area contributed by atoms with E-state index >= 15 is 0 Å². The average Bonchev–Trinajstić information content (AvgIpc) is 2.61. The molecular formula is C17H20ClN3O2. The van der Waals surface area contributed by atoms with E-state index in [2.05, 4.69) is 21.3 Å². The van der Waals surface area contributed by atoms with E-state index in [1.807, 2.05) is 24.3 Å². The minimum Gasteiger partial charge on any atom is -0.371 e. The van der Waals surface area contributed by atoms with Crippen LogP contribution < -0.4 is 10.3 Å². The molecule has 122 valence electrons. The minimum atomic E-state index is -0.325. The molecule has 1 aliphatic heterocycles. The summed E-state index contributed by atoms with van der Waals surface area (Å²) in [5.41, 5.74) is 4.42. The number of rotatable bonds is 6. The van der Waals surface area contributed by atoms with Gasteiger partial charge in [0.25, 0.3) is 5.91 Å². The Morgan fingerprint density at radius 3 is 2.74 bits per heavy atom. The molecule has 0 aliphatic carbocycles. The lowest BCUT2D eigenvalue weighted by Gasteiger charge is -2.33. The van der Waals surface area contributed by atoms with Crippen LogP contribution in [-0.4, -0.2) is 43.8 Å². The van der Waals surface area contributed by atoms with Crippen molar-refractivity contribution < 1.29 is 9.53 Å². The first kappa shape index (κ1) is 17.3. The van der Waals surface area contributed by atoms with Gasteiger partial charge in [-0.05, 0) is 30.5 Å². The maximum atomic E-state index is 11.0. The topological polar surface area (TPSA) is 53.9 Å². The Labute approximate surface area is 141 Å². The Kier molecular flexibility index (Phi) is 6.92. The van der Waals surface area contributed by atoms with Crippen molar-refractivity contribution >= 4 is 29.4 Å². The molecule has 0 saturated carbocycles. The summed E-state index contributed by atoms with van der Waals surface area (Å²) in [4.78, 5) is 13.3. The predicted octanol–water partition coefficient (Wildman–Crippen LogP) is 1.99. The molecule has 0 atom stereocenters. The molecule has 1 amide bonds. The highest BCUT2D eigenvalue weighted by Crippen LogP contribution is 2.21. The number of ether oxygens (including phenoxy) is 1. The van der Waals surface area contributed by atoms with Crippen molar-refractivity contribution in [2.75, 3.05) is 30.5 Å². The van der Waals surface area contributed by atoms with Gasteiger partial charge in [-0.25, -0.2) is 5.43 Å². The first-order valence-corrected chi connectivity index (χ1v) is 8.04. The number of alkyl halides is 1. The van der Waals surface area contributed by atoms with Crippen LogP contribution in [0.4, 0.5) is 5.69 Å². The number of terminal acetylenes is 1. The smallest absolute Gasteiger partial charge is 0.254 e. The van der Waals surface area contributed by atoms with Gasteiger partial charge in [0.05, 0.1) is 12.3 Å². The van der Waals surface area contributed by atoms with Gasteiger partial charge in [0.1, 0.15) is 12.5 Å². The third-order valence-electron chi connectivity index (χ3n) is 3.63. The molecule has 1 N–H and O–H groups in total. The molecule has 1 aromatic rings. The van der Waals surface area contributed by atoms with Crippen LogP contribution in [0.3, 0.4) is 0 Å². The van der Waals surface area contributed by atoms with Gasteiger partial charge < -0.3 is 9.64 Å². The second-order valence-corrected chi connectivity index (χ2v) is 5.49. The van der Waals surface area contributed by atoms with E-state index in [-0.39, 0.29) is 17.9 Å². The average molecular weight is 334 g/mol. The molecule has 1 saturated heterocycles. The summed E-state index contributed by atoms with van der Waals surface area (Å²) in [6, 6.07) is 8.03. The first-order chi connectivity index (χ1) is 11.2. The number of hydrazone groups is 1. The van der Waals surface area contributed by atoms with E-state index < -0.39 is 0 Å². The number of hydrogen-bond donors (Lipinski definition) is 1. The summed E-state index contributed by atoms with van der Waals surface area (Å²) in [7, 11) is 0. The third kappa shape index (κ3) is 5.59. The van der Waals surface area contributed by atoms with Gasteiger partial charge in [0.15, 0.2) is 0 Å². The standard InChI is InChI=1S/C17H20ClN3O2/c1-2-11-23-16-7-9-21(10-8-16)15-5-3-14(4-6-15)13-19-20-17(22)12-18/h1,3-6,13,16H,7-12H2,(H,20,22). The number of amides is 1. The summed E-state index contributed by atoms with van der Waals surface area (Å²) in [5.74, 6) is 2.09. The Bertz CT molecular complexity index is 572. The Morgan fingerprint density at radius 1 is 1.43 bits per heavy atom. The second-order valence-electron chi connectivity index (χ2n) is 5.22. The number of nitrogens with one attached hydrogen (secondary N) is 1. The van der Waals surface area contributed by atoms with Gasteiger partial charge in [-0.2, -0.15) is 5.10 Å². The second kappa shape index (κ2) is 9.19. The van der Waals surface area contributed by atoms with Gasteiger partial charge in [-0.1, -0.05) is 18.1 Å². The molecule has 6 heteroatoms. The van der Waals surface area contributed by atoms with Crippen LogP contribution in [0, 0.1) is 12.3 Å². The van der Waals surface area contributed by atoms with Crippen molar-refractivity contribution in [2.24, 2.45) is 5.10 Å². The van der Waals surface area contributed by atoms with Gasteiger partial charge in [0.2, 0.25) is 0 Å². The summed E-state index contributed by atoms with van der Waals surface area (Å²) >= 11 is 5.37. The summed E-state index contributed by atoms with van der Waals surface area (Å²) in [5, 5.41) is 3.84. The molecule has 0 unspecified atom stereocenters. The van der Waals surface area contributed by atoms with Crippen LogP contribution in [-0.2, 0) is 9.53 Å². The van der Waals surface area contributed by atoms with Crippen LogP contribution >= 0.6 is 11.6 Å². The third-order valence-corrected chi connectivity index (χ3v) is 3.87. The summed E-state index contributed by atoms with van der Waals surface area (Å²) < 4.78 is 5.58. The molecule has 5 nitrogen and oxygen atoms in total. The molecule has 0 aromatic heterocycles. The fourth-order valence-corrected chi connectivity index (χ4v) is 2.49.